The van der Waals surface area contributed by atoms with Gasteiger partial charge >= 0.3 is 23.9 Å². The molecule has 29 heavy (non-hydrogen) atoms. The van der Waals surface area contributed by atoms with Gasteiger partial charge in [-0.3, -0.25) is 19.2 Å². The third-order valence-electron chi connectivity index (χ3n) is 3.53. The minimum atomic E-state index is -1.20. The van der Waals surface area contributed by atoms with Gasteiger partial charge in [0.15, 0.2) is 23.7 Å². The van der Waals surface area contributed by atoms with E-state index in [1.54, 1.807) is 19.0 Å². The molecule has 12 heteroatoms. The van der Waals surface area contributed by atoms with Gasteiger partial charge in [-0.15, -0.1) is 0 Å². The molecule has 1 fully saturated rings. The molecule has 0 bridgehead atoms. The molecule has 0 aliphatic carbocycles. The van der Waals surface area contributed by atoms with Gasteiger partial charge in [0.1, 0.15) is 17.0 Å². The average molecular weight is 452 g/mol. The van der Waals surface area contributed by atoms with Crippen molar-refractivity contribution in [2.24, 2.45) is 0 Å². The molecule has 0 radical (unpaired) electrons. The number of nitrogens with zero attached hydrogens (tertiary/aromatic N) is 1. The maximum atomic E-state index is 11.7. The number of hydrogen-bond acceptors (Lipinski definition) is 11. The van der Waals surface area contributed by atoms with Gasteiger partial charge in [-0.05, 0) is 0 Å². The second kappa shape index (κ2) is 11.3. The number of rotatable bonds is 6. The van der Waals surface area contributed by atoms with Crippen LogP contribution >= 0.6 is 24.0 Å². The zero-order valence-corrected chi connectivity index (χ0v) is 18.7. The Labute approximate surface area is 178 Å². The van der Waals surface area contributed by atoms with Crippen LogP contribution in [-0.2, 0) is 42.9 Å². The maximum Gasteiger partial charge on any atom is 0.303 e. The summed E-state index contributed by atoms with van der Waals surface area (Å²) in [5.41, 5.74) is -0.912. The minimum Gasteiger partial charge on any atom is -0.463 e. The molecule has 0 unspecified atom stereocenters. The first-order valence-electron chi connectivity index (χ1n) is 8.60. The average Bonchev–Trinajstić information content (AvgIpc) is 2.56. The van der Waals surface area contributed by atoms with E-state index in [2.05, 4.69) is 0 Å². The molecule has 0 spiro atoms. The van der Waals surface area contributed by atoms with Crippen LogP contribution in [0.25, 0.3) is 0 Å². The molecule has 0 saturated carbocycles. The molecule has 10 nitrogen and oxygen atoms in total. The molecule has 0 aromatic heterocycles. The van der Waals surface area contributed by atoms with Crippen molar-refractivity contribution >= 4 is 52.2 Å². The number of carbonyl (C=O) groups excluding carboxylic acids is 4. The summed E-state index contributed by atoms with van der Waals surface area (Å²) in [5, 5.41) is 0. The lowest BCUT2D eigenvalue weighted by Gasteiger charge is -2.44. The normalized spacial score (nSPS) is 26.1. The fraction of sp³-hybridized carbons (Fsp3) is 0.706. The van der Waals surface area contributed by atoms with Gasteiger partial charge < -0.3 is 28.6 Å². The van der Waals surface area contributed by atoms with Gasteiger partial charge in [-0.2, -0.15) is 0 Å². The van der Waals surface area contributed by atoms with Crippen LogP contribution < -0.4 is 0 Å². The van der Waals surface area contributed by atoms with E-state index in [1.807, 2.05) is 0 Å². The quantitative estimate of drug-likeness (QED) is 0.320. The molecule has 164 valence electrons. The van der Waals surface area contributed by atoms with Crippen LogP contribution in [0.3, 0.4) is 0 Å². The molecule has 1 saturated heterocycles. The molecule has 0 N–H and O–H groups in total. The summed E-state index contributed by atoms with van der Waals surface area (Å²) < 4.78 is 27.3. The SMILES string of the molecule is CC(=O)OC[C@H]1O[C@@H](SC(=S)N(C)C)[C@H](OC(C)=O)[C@@H](OC(C)=O)[C@@H]1OC(C)=O. The van der Waals surface area contributed by atoms with Crippen LogP contribution in [0.5, 0.6) is 0 Å². The first-order valence-corrected chi connectivity index (χ1v) is 9.89. The number of thioether (sulfide) groups is 1. The van der Waals surface area contributed by atoms with Crippen LogP contribution in [0, 0.1) is 0 Å². The van der Waals surface area contributed by atoms with Crippen molar-refractivity contribution in [1.82, 2.24) is 4.90 Å². The Morgan fingerprint density at radius 2 is 1.34 bits per heavy atom. The highest BCUT2D eigenvalue weighted by atomic mass is 32.2. The lowest BCUT2D eigenvalue weighted by molar-refractivity contribution is -0.237. The second-order valence-corrected chi connectivity index (χ2v) is 8.08. The topological polar surface area (TPSA) is 118 Å². The standard InChI is InChI=1S/C17H25NO9S2/c1-8(19)23-7-12-13(24-9(2)20)14(25-10(3)21)15(26-11(4)22)16(27-12)29-17(28)18(5)6/h12-16H,7H2,1-6H3/t12-,13-,14+,15-,16+/m1/s1. The number of esters is 4. The Hall–Kier alpha value is -1.92. The second-order valence-electron chi connectivity index (χ2n) is 6.35. The molecular formula is C17H25NO9S2. The van der Waals surface area contributed by atoms with Crippen molar-refractivity contribution in [2.75, 3.05) is 20.7 Å². The Morgan fingerprint density at radius 1 is 0.862 bits per heavy atom. The smallest absolute Gasteiger partial charge is 0.303 e. The predicted octanol–water partition coefficient (Wildman–Crippen LogP) is 0.649. The van der Waals surface area contributed by atoms with E-state index in [1.165, 1.54) is 20.8 Å². The Balaban J connectivity index is 3.33. The third-order valence-corrected chi connectivity index (χ3v) is 5.36. The summed E-state index contributed by atoms with van der Waals surface area (Å²) in [6.45, 7) is 4.45. The summed E-state index contributed by atoms with van der Waals surface area (Å²) in [4.78, 5) is 47.9. The lowest BCUT2D eigenvalue weighted by atomic mass is 9.99. The van der Waals surface area contributed by atoms with Crippen molar-refractivity contribution in [3.63, 3.8) is 0 Å². The summed E-state index contributed by atoms with van der Waals surface area (Å²) in [6.07, 6.45) is -4.49. The maximum absolute atomic E-state index is 11.7. The van der Waals surface area contributed by atoms with Crippen LogP contribution in [0.15, 0.2) is 0 Å². The lowest BCUT2D eigenvalue weighted by Crippen LogP contribution is -2.61. The molecule has 1 aliphatic heterocycles. The highest BCUT2D eigenvalue weighted by Gasteiger charge is 2.52. The van der Waals surface area contributed by atoms with Crippen molar-refractivity contribution in [2.45, 2.75) is 57.5 Å². The predicted molar refractivity (Wildman–Crippen MR) is 106 cm³/mol. The Bertz CT molecular complexity index is 655. The molecule has 0 aromatic rings. The van der Waals surface area contributed by atoms with Crippen LogP contribution in [-0.4, -0.2) is 83.7 Å². The Morgan fingerprint density at radius 3 is 1.79 bits per heavy atom. The van der Waals surface area contributed by atoms with Gasteiger partial charge in [0.05, 0.1) is 0 Å². The molecule has 1 aliphatic rings. The van der Waals surface area contributed by atoms with Crippen LogP contribution in [0.4, 0.5) is 0 Å². The number of carbonyl (C=O) groups is 4. The number of hydrogen-bond donors (Lipinski definition) is 0. The van der Waals surface area contributed by atoms with Gasteiger partial charge in [-0.25, -0.2) is 0 Å². The third kappa shape index (κ3) is 8.15. The van der Waals surface area contributed by atoms with Gasteiger partial charge in [-0.1, -0.05) is 24.0 Å². The molecule has 1 heterocycles. The number of thiocarbonyl (C=S) groups is 1. The first kappa shape index (κ1) is 25.1. The van der Waals surface area contributed by atoms with Crippen LogP contribution in [0.2, 0.25) is 0 Å². The molecular weight excluding hydrogens is 426 g/mol. The summed E-state index contributed by atoms with van der Waals surface area (Å²) in [5.74, 6) is -2.59. The fourth-order valence-electron chi connectivity index (χ4n) is 2.49. The fourth-order valence-corrected chi connectivity index (χ4v) is 3.73. The summed E-state index contributed by atoms with van der Waals surface area (Å²) >= 11 is 6.34. The van der Waals surface area contributed by atoms with Crippen molar-refractivity contribution in [1.29, 1.82) is 0 Å². The number of ether oxygens (including phenoxy) is 5. The highest BCUT2D eigenvalue weighted by molar-refractivity contribution is 8.23. The van der Waals surface area contributed by atoms with E-state index in [-0.39, 0.29) is 6.61 Å². The van der Waals surface area contributed by atoms with Crippen molar-refractivity contribution in [3.8, 4) is 0 Å². The zero-order valence-electron chi connectivity index (χ0n) is 17.0. The van der Waals surface area contributed by atoms with E-state index in [0.717, 1.165) is 18.7 Å². The van der Waals surface area contributed by atoms with E-state index in [9.17, 15) is 19.2 Å². The van der Waals surface area contributed by atoms with E-state index >= 15 is 0 Å². The van der Waals surface area contributed by atoms with E-state index in [0.29, 0.717) is 4.32 Å². The highest BCUT2D eigenvalue weighted by Crippen LogP contribution is 2.35. The van der Waals surface area contributed by atoms with E-state index in [4.69, 9.17) is 35.9 Å². The molecule has 0 aromatic carbocycles. The largest absolute Gasteiger partial charge is 0.463 e. The van der Waals surface area contributed by atoms with Crippen molar-refractivity contribution in [3.05, 3.63) is 0 Å². The molecule has 1 rings (SSSR count). The summed E-state index contributed by atoms with van der Waals surface area (Å²) in [7, 11) is 3.45. The monoisotopic (exact) mass is 451 g/mol. The first-order chi connectivity index (χ1) is 13.4. The van der Waals surface area contributed by atoms with E-state index < -0.39 is 53.7 Å². The Kier molecular flexibility index (Phi) is 9.80. The van der Waals surface area contributed by atoms with Gasteiger partial charge in [0, 0.05) is 41.8 Å². The van der Waals surface area contributed by atoms with Crippen LogP contribution in [0.1, 0.15) is 27.7 Å². The van der Waals surface area contributed by atoms with Gasteiger partial charge in [0.2, 0.25) is 0 Å². The summed E-state index contributed by atoms with van der Waals surface area (Å²) in [6, 6.07) is 0. The zero-order chi connectivity index (χ0) is 22.3. The van der Waals surface area contributed by atoms with Gasteiger partial charge in [0.25, 0.3) is 0 Å². The minimum absolute atomic E-state index is 0.274. The molecule has 0 amide bonds. The molecule has 5 atom stereocenters. The van der Waals surface area contributed by atoms with Crippen molar-refractivity contribution < 1.29 is 42.9 Å².